The average Bonchev–Trinajstić information content (AvgIpc) is 3.44. The van der Waals surface area contributed by atoms with Gasteiger partial charge in [-0.05, 0) is 105 Å². The van der Waals surface area contributed by atoms with Crippen LogP contribution in [0.4, 0.5) is 42.7 Å². The minimum absolute atomic E-state index is 0. The number of hydrogen-bond acceptors (Lipinski definition) is 5. The number of rotatable bonds is 9. The third-order valence-electron chi connectivity index (χ3n) is 8.78. The SMILES string of the molecule is CCN(CC1CCCCC1)c1cc2c(cc1CN(Cc1cc(C(F)(F)F)cc(C(F)(F)F)c1)c1cc(C)no1)CCCC2.Cl.O=C(O)O. The van der Waals surface area contributed by atoms with Crippen LogP contribution in [0.15, 0.2) is 40.9 Å². The molecule has 0 radical (unpaired) electrons. The van der Waals surface area contributed by atoms with Gasteiger partial charge in [-0.15, -0.1) is 12.4 Å². The minimum Gasteiger partial charge on any atom is -0.450 e. The van der Waals surface area contributed by atoms with Gasteiger partial charge in [-0.1, -0.05) is 30.5 Å². The molecule has 1 aromatic heterocycles. The summed E-state index contributed by atoms with van der Waals surface area (Å²) in [4.78, 5) is 12.6. The largest absolute Gasteiger partial charge is 0.503 e. The molecule has 2 N–H and O–H groups in total. The monoisotopic (exact) mass is 705 g/mol. The van der Waals surface area contributed by atoms with Gasteiger partial charge in [-0.2, -0.15) is 26.3 Å². The number of hydrogen-bond donors (Lipinski definition) is 2. The first-order chi connectivity index (χ1) is 22.1. The highest BCUT2D eigenvalue weighted by Crippen LogP contribution is 2.38. The topological polar surface area (TPSA) is 90.0 Å². The fourth-order valence-electron chi connectivity index (χ4n) is 6.57. The number of anilines is 2. The van der Waals surface area contributed by atoms with Crippen molar-refractivity contribution >= 4 is 30.1 Å². The Labute approximate surface area is 282 Å². The second-order valence-corrected chi connectivity index (χ2v) is 12.4. The van der Waals surface area contributed by atoms with Crippen molar-refractivity contribution in [2.45, 2.75) is 97.1 Å². The first-order valence-electron chi connectivity index (χ1n) is 15.9. The maximum atomic E-state index is 13.7. The standard InChI is InChI=1S/C33H39F6N3O.CH2O3.ClH/c1-3-41(19-23-9-5-4-6-10-23)30-17-26-12-8-7-11-25(26)16-27(30)21-42(31-13-22(2)40-43-31)20-24-14-28(32(34,35)36)18-29(15-24)33(37,38)39;2-1(3)4;/h13-18,23H,3-12,19-21H2,1-2H3;(H2,2,3,4);1H. The third-order valence-corrected chi connectivity index (χ3v) is 8.78. The van der Waals surface area contributed by atoms with E-state index in [2.05, 4.69) is 29.1 Å². The number of alkyl halides is 6. The molecule has 5 rings (SSSR count). The fraction of sp³-hybridized carbons (Fsp3) is 0.529. The molecular weight excluding hydrogens is 664 g/mol. The Kier molecular flexibility index (Phi) is 13.5. The highest BCUT2D eigenvalue weighted by molar-refractivity contribution is 5.85. The predicted molar refractivity (Wildman–Crippen MR) is 173 cm³/mol. The highest BCUT2D eigenvalue weighted by atomic mass is 35.5. The molecule has 1 heterocycles. The van der Waals surface area contributed by atoms with Crippen molar-refractivity contribution in [1.82, 2.24) is 5.16 Å². The van der Waals surface area contributed by atoms with Crippen LogP contribution in [0.2, 0.25) is 0 Å². The quantitative estimate of drug-likeness (QED) is 0.214. The molecule has 0 amide bonds. The van der Waals surface area contributed by atoms with Gasteiger partial charge in [0, 0.05) is 37.9 Å². The summed E-state index contributed by atoms with van der Waals surface area (Å²) in [6, 6.07) is 7.87. The summed E-state index contributed by atoms with van der Waals surface area (Å²) in [5, 5.41) is 17.9. The highest BCUT2D eigenvalue weighted by Gasteiger charge is 2.37. The second kappa shape index (κ2) is 16.7. The molecule has 0 aliphatic heterocycles. The smallest absolute Gasteiger partial charge is 0.450 e. The maximum absolute atomic E-state index is 13.7. The van der Waals surface area contributed by atoms with Crippen molar-refractivity contribution < 1.29 is 45.9 Å². The van der Waals surface area contributed by atoms with E-state index in [-0.39, 0.29) is 37.1 Å². The van der Waals surface area contributed by atoms with Crippen molar-refractivity contribution in [3.63, 3.8) is 0 Å². The van der Waals surface area contributed by atoms with Gasteiger partial charge in [0.05, 0.1) is 16.8 Å². The molecule has 14 heteroatoms. The minimum atomic E-state index is -4.92. The number of nitrogens with zero attached hydrogens (tertiary/aromatic N) is 3. The normalized spacial score (nSPS) is 15.1. The van der Waals surface area contributed by atoms with Gasteiger partial charge in [0.15, 0.2) is 0 Å². The fourth-order valence-corrected chi connectivity index (χ4v) is 6.57. The lowest BCUT2D eigenvalue weighted by molar-refractivity contribution is -0.143. The number of carboxylic acid groups (broad SMARTS) is 2. The number of aromatic nitrogens is 1. The second-order valence-electron chi connectivity index (χ2n) is 12.4. The van der Waals surface area contributed by atoms with Crippen LogP contribution >= 0.6 is 12.4 Å². The van der Waals surface area contributed by atoms with E-state index in [1.54, 1.807) is 17.9 Å². The predicted octanol–water partition coefficient (Wildman–Crippen LogP) is 10.2. The summed E-state index contributed by atoms with van der Waals surface area (Å²) in [5.41, 5.74) is 2.44. The Hall–Kier alpha value is -3.61. The van der Waals surface area contributed by atoms with Crippen LogP contribution in [0.25, 0.3) is 0 Å². The molecule has 3 aromatic rings. The molecule has 0 saturated heterocycles. The van der Waals surface area contributed by atoms with E-state index in [4.69, 9.17) is 19.5 Å². The molecule has 1 fully saturated rings. The van der Waals surface area contributed by atoms with Crippen molar-refractivity contribution in [2.24, 2.45) is 5.92 Å². The molecule has 0 bridgehead atoms. The lowest BCUT2D eigenvalue weighted by atomic mass is 9.87. The van der Waals surface area contributed by atoms with Gasteiger partial charge in [-0.3, -0.25) is 0 Å². The van der Waals surface area contributed by atoms with Crippen LogP contribution in [0.3, 0.4) is 0 Å². The van der Waals surface area contributed by atoms with Crippen LogP contribution in [0, 0.1) is 12.8 Å². The summed E-state index contributed by atoms with van der Waals surface area (Å²) < 4.78 is 87.5. The Morgan fingerprint density at radius 1 is 0.833 bits per heavy atom. The van der Waals surface area contributed by atoms with E-state index in [0.29, 0.717) is 17.5 Å². The van der Waals surface area contributed by atoms with Crippen molar-refractivity contribution in [3.05, 3.63) is 75.5 Å². The van der Waals surface area contributed by atoms with Gasteiger partial charge in [0.2, 0.25) is 5.88 Å². The summed E-state index contributed by atoms with van der Waals surface area (Å²) >= 11 is 0. The van der Waals surface area contributed by atoms with Crippen molar-refractivity contribution in [2.75, 3.05) is 22.9 Å². The lowest BCUT2D eigenvalue weighted by Gasteiger charge is -2.34. The molecule has 2 aliphatic carbocycles. The zero-order valence-electron chi connectivity index (χ0n) is 27.0. The van der Waals surface area contributed by atoms with Crippen molar-refractivity contribution in [1.29, 1.82) is 0 Å². The van der Waals surface area contributed by atoms with Crippen LogP contribution in [-0.2, 0) is 38.3 Å². The van der Waals surface area contributed by atoms with E-state index >= 15 is 0 Å². The summed E-state index contributed by atoms with van der Waals surface area (Å²) in [6.45, 7) is 5.61. The van der Waals surface area contributed by atoms with Gasteiger partial charge in [-0.25, -0.2) is 4.79 Å². The summed E-state index contributed by atoms with van der Waals surface area (Å²) in [7, 11) is 0. The zero-order valence-corrected chi connectivity index (χ0v) is 27.8. The number of fused-ring (bicyclic) bond motifs is 1. The van der Waals surface area contributed by atoms with Gasteiger partial charge < -0.3 is 24.5 Å². The summed E-state index contributed by atoms with van der Waals surface area (Å²) in [6.07, 6.45) is -1.41. The number of benzene rings is 2. The summed E-state index contributed by atoms with van der Waals surface area (Å²) in [5.74, 6) is 0.888. The number of aryl methyl sites for hydroxylation is 3. The van der Waals surface area contributed by atoms with E-state index < -0.39 is 29.6 Å². The van der Waals surface area contributed by atoms with Crippen LogP contribution < -0.4 is 9.80 Å². The number of carbonyl (C=O) groups is 1. The molecule has 1 saturated carbocycles. The van der Waals surface area contributed by atoms with E-state index in [9.17, 15) is 26.3 Å². The van der Waals surface area contributed by atoms with Crippen LogP contribution in [0.1, 0.15) is 90.9 Å². The van der Waals surface area contributed by atoms with Gasteiger partial charge >= 0.3 is 18.5 Å². The first-order valence-corrected chi connectivity index (χ1v) is 15.9. The lowest BCUT2D eigenvalue weighted by Crippen LogP contribution is -2.32. The molecule has 0 unspecified atom stereocenters. The van der Waals surface area contributed by atoms with Crippen molar-refractivity contribution in [3.8, 4) is 0 Å². The molecule has 48 heavy (non-hydrogen) atoms. The Morgan fingerprint density at radius 2 is 1.40 bits per heavy atom. The molecular formula is C34H42ClF6N3O4. The maximum Gasteiger partial charge on any atom is 0.503 e. The molecule has 0 atom stereocenters. The zero-order chi connectivity index (χ0) is 34.4. The first kappa shape index (κ1) is 38.8. The molecule has 7 nitrogen and oxygen atoms in total. The molecule has 2 aliphatic rings. The van der Waals surface area contributed by atoms with Crippen LogP contribution in [0.5, 0.6) is 0 Å². The molecule has 2 aromatic carbocycles. The average molecular weight is 706 g/mol. The Morgan fingerprint density at radius 3 is 1.90 bits per heavy atom. The van der Waals surface area contributed by atoms with E-state index in [1.807, 2.05) is 0 Å². The molecule has 0 spiro atoms. The van der Waals surface area contributed by atoms with Gasteiger partial charge in [0.25, 0.3) is 0 Å². The van der Waals surface area contributed by atoms with E-state index in [0.717, 1.165) is 62.2 Å². The van der Waals surface area contributed by atoms with Crippen LogP contribution in [-0.4, -0.2) is 34.6 Å². The van der Waals surface area contributed by atoms with E-state index in [1.165, 1.54) is 43.2 Å². The number of halogens is 7. The third kappa shape index (κ3) is 10.7. The Bertz CT molecular complexity index is 1470. The van der Waals surface area contributed by atoms with Gasteiger partial charge in [0.1, 0.15) is 0 Å². The Balaban J connectivity index is 0.00000118. The molecule has 266 valence electrons.